The van der Waals surface area contributed by atoms with Crippen LogP contribution in [0, 0.1) is 20.2 Å². The van der Waals surface area contributed by atoms with Gasteiger partial charge in [0.05, 0.1) is 21.2 Å². The Morgan fingerprint density at radius 2 is 0.867 bits per heavy atom. The third-order valence-corrected chi connectivity index (χ3v) is 13.9. The quantitative estimate of drug-likeness (QED) is 0.00699. The Morgan fingerprint density at radius 3 is 1.20 bits per heavy atom. The van der Waals surface area contributed by atoms with Crippen molar-refractivity contribution in [2.75, 3.05) is 24.0 Å². The highest BCUT2D eigenvalue weighted by Crippen LogP contribution is 2.29. The van der Waals surface area contributed by atoms with Crippen molar-refractivity contribution in [1.82, 2.24) is 10.1 Å². The predicted octanol–water partition coefficient (Wildman–Crippen LogP) is 0.529. The summed E-state index contributed by atoms with van der Waals surface area (Å²) in [6, 6.07) is 17.1. The third-order valence-electron chi connectivity index (χ3n) is 13.9. The molecule has 2 unspecified atom stereocenters. The summed E-state index contributed by atoms with van der Waals surface area (Å²) in [6.45, 7) is 3.53. The molecule has 4 aromatic rings. The SMILES string of the molecule is C[C@@](N)(C(=O)CCC(=O)[C@@](C)(N)C(=O)O[C@](C)(N)C(=O)ON1CCC[C@H]1C(=O)Oc1ccccc1CC(N)C(=O)ONc1ccc([N+](=O)[O-])cc1)C(=O)O[C@](C)(N)C(=O)ON1CCC[C@H]1C(=O)Oc1ccccc1CC(N)C(=O)ONc1ccc([N+](=O)[O-])cc1. The molecule has 0 bridgehead atoms. The minimum Gasteiger partial charge on any atom is -0.431 e. The van der Waals surface area contributed by atoms with Crippen LogP contribution in [0.15, 0.2) is 97.1 Å². The molecule has 2 aliphatic rings. The van der Waals surface area contributed by atoms with Gasteiger partial charge in [0.2, 0.25) is 0 Å². The maximum Gasteiger partial charge on any atom is 0.384 e. The lowest BCUT2D eigenvalue weighted by atomic mass is 9.89. The molecule has 0 radical (unpaired) electrons. The first-order chi connectivity index (χ1) is 42.2. The lowest BCUT2D eigenvalue weighted by molar-refractivity contribution is -0.385. The van der Waals surface area contributed by atoms with Gasteiger partial charge in [-0.1, -0.05) is 36.4 Å². The molecule has 90 heavy (non-hydrogen) atoms. The molecule has 4 aromatic carbocycles. The highest BCUT2D eigenvalue weighted by Gasteiger charge is 2.49. The number of anilines is 2. The first kappa shape index (κ1) is 69.2. The normalized spacial score (nSPS) is 18.2. The van der Waals surface area contributed by atoms with Crippen LogP contribution in [0.2, 0.25) is 0 Å². The number of nitro benzene ring substituents is 2. The van der Waals surface area contributed by atoms with Gasteiger partial charge < -0.3 is 61.2 Å². The number of hydrogen-bond donors (Lipinski definition) is 8. The molecule has 8 atom stereocenters. The predicted molar refractivity (Wildman–Crippen MR) is 307 cm³/mol. The Balaban J connectivity index is 0.948. The number of ether oxygens (including phenoxy) is 4. The number of esters is 4. The van der Waals surface area contributed by atoms with E-state index in [1.807, 2.05) is 0 Å². The number of benzene rings is 4. The number of carbonyl (C=O) groups excluding carboxylic acids is 10. The van der Waals surface area contributed by atoms with Crippen molar-refractivity contribution < 1.29 is 96.1 Å². The van der Waals surface area contributed by atoms with E-state index in [1.54, 1.807) is 12.1 Å². The van der Waals surface area contributed by atoms with Crippen molar-refractivity contribution in [2.24, 2.45) is 34.4 Å². The molecule has 0 spiro atoms. The first-order valence-corrected chi connectivity index (χ1v) is 27.4. The zero-order valence-electron chi connectivity index (χ0n) is 48.9. The highest BCUT2D eigenvalue weighted by molar-refractivity contribution is 6.12. The van der Waals surface area contributed by atoms with Gasteiger partial charge >= 0.3 is 47.8 Å². The van der Waals surface area contributed by atoms with Gasteiger partial charge in [-0.3, -0.25) is 41.3 Å². The Bertz CT molecular complexity index is 3180. The monoisotopic (exact) mass is 1260 g/mol. The number of hydroxylamine groups is 4. The van der Waals surface area contributed by atoms with E-state index in [0.29, 0.717) is 24.0 Å². The van der Waals surface area contributed by atoms with Crippen molar-refractivity contribution in [3.63, 3.8) is 0 Å². The molecule has 2 saturated heterocycles. The van der Waals surface area contributed by atoms with Crippen molar-refractivity contribution >= 4 is 82.1 Å². The van der Waals surface area contributed by atoms with E-state index in [4.69, 9.17) is 72.7 Å². The van der Waals surface area contributed by atoms with E-state index in [2.05, 4.69) is 11.0 Å². The summed E-state index contributed by atoms with van der Waals surface area (Å²) < 4.78 is 21.6. The van der Waals surface area contributed by atoms with Crippen LogP contribution in [0.5, 0.6) is 11.5 Å². The van der Waals surface area contributed by atoms with E-state index in [1.165, 1.54) is 84.9 Å². The van der Waals surface area contributed by atoms with Gasteiger partial charge in [0.25, 0.3) is 22.8 Å². The number of para-hydroxylation sites is 2. The van der Waals surface area contributed by atoms with Crippen LogP contribution in [-0.2, 0) is 89.6 Å². The maximum atomic E-state index is 13.5. The van der Waals surface area contributed by atoms with Crippen LogP contribution in [0.1, 0.15) is 77.3 Å². The summed E-state index contributed by atoms with van der Waals surface area (Å²) in [7, 11) is 0. The van der Waals surface area contributed by atoms with Crippen LogP contribution >= 0.6 is 0 Å². The van der Waals surface area contributed by atoms with E-state index >= 15 is 0 Å². The number of rotatable bonds is 29. The molecule has 0 aliphatic carbocycles. The molecule has 34 nitrogen and oxygen atoms in total. The molecule has 2 aliphatic heterocycles. The number of nitrogens with zero attached hydrogens (tertiary/aromatic N) is 4. The molecule has 14 N–H and O–H groups in total. The van der Waals surface area contributed by atoms with Gasteiger partial charge in [0.1, 0.15) is 35.7 Å². The number of nitrogens with one attached hydrogen (secondary N) is 2. The average Bonchev–Trinajstić information content (AvgIpc) is 1.44. The Hall–Kier alpha value is -9.94. The number of Topliss-reactive ketones (excluding diaryl/α,β-unsaturated/α-hetero) is 2. The van der Waals surface area contributed by atoms with Crippen molar-refractivity contribution in [3.05, 3.63) is 128 Å². The van der Waals surface area contributed by atoms with E-state index in [9.17, 15) is 68.2 Å². The molecule has 34 heteroatoms. The molecule has 482 valence electrons. The zero-order valence-corrected chi connectivity index (χ0v) is 48.9. The lowest BCUT2D eigenvalue weighted by Gasteiger charge is -2.31. The second-order valence-corrected chi connectivity index (χ2v) is 21.4. The molecular weight excluding hydrogens is 1190 g/mol. The first-order valence-electron chi connectivity index (χ1n) is 27.4. The largest absolute Gasteiger partial charge is 0.431 e. The molecular formula is C56H66N12O22. The van der Waals surface area contributed by atoms with E-state index < -0.39 is 129 Å². The number of nitro groups is 2. The second-order valence-electron chi connectivity index (χ2n) is 21.4. The second kappa shape index (κ2) is 29.4. The fourth-order valence-corrected chi connectivity index (χ4v) is 8.43. The Morgan fingerprint density at radius 1 is 0.533 bits per heavy atom. The van der Waals surface area contributed by atoms with Crippen molar-refractivity contribution in [1.29, 1.82) is 0 Å². The fraction of sp³-hybridized carbons (Fsp3) is 0.393. The Labute approximate surface area is 511 Å². The van der Waals surface area contributed by atoms with Gasteiger partial charge in [0, 0.05) is 76.9 Å². The third kappa shape index (κ3) is 17.9. The molecule has 6 rings (SSSR count). The minimum atomic E-state index is -2.66. The summed E-state index contributed by atoms with van der Waals surface area (Å²) in [5.41, 5.74) is 31.3. The van der Waals surface area contributed by atoms with Gasteiger partial charge in [-0.25, -0.2) is 49.3 Å². The summed E-state index contributed by atoms with van der Waals surface area (Å²) in [6.07, 6.45) is -1.25. The summed E-state index contributed by atoms with van der Waals surface area (Å²) >= 11 is 0. The van der Waals surface area contributed by atoms with Gasteiger partial charge in [-0.05, 0) is 87.1 Å². The number of hydrogen-bond acceptors (Lipinski definition) is 32. The number of carbonyl (C=O) groups is 10. The standard InChI is InChI=1S/C56H66N12O22/c1-53(59,49(75)85-55(3,61)51(77)89-65-27-9-13-39(65)47(73)83-41-15-7-5-11-31(41)29-37(57)45(71)87-63-33-17-21-35(22-18-33)67(79)80)43(69)25-26-44(70)54(2,60)50(76)86-56(4,62)52(78)90-66-28-10-14-40(66)48(74)84-42-16-8-6-12-32(42)30-38(58)46(72)88-64-34-19-23-36(24-20-34)68(81)82/h5-8,11-12,15-24,37-40,63-64H,9-10,13-14,25-30,57-62H2,1-4H3/t37?,38?,39-,40-,53+,54+,55-,56-/m0/s1. The van der Waals surface area contributed by atoms with Gasteiger partial charge in [-0.2, -0.15) is 0 Å². The summed E-state index contributed by atoms with van der Waals surface area (Å²) in [5, 5.41) is 23.7. The van der Waals surface area contributed by atoms with Crippen LogP contribution in [0.25, 0.3) is 0 Å². The summed E-state index contributed by atoms with van der Waals surface area (Å²) in [4.78, 5) is 174. The lowest BCUT2D eigenvalue weighted by Crippen LogP contribution is -2.61. The number of ketones is 2. The van der Waals surface area contributed by atoms with Crippen molar-refractivity contribution in [2.45, 2.75) is 126 Å². The smallest absolute Gasteiger partial charge is 0.384 e. The zero-order chi connectivity index (χ0) is 66.5. The topological polar surface area (TPSA) is 517 Å². The molecule has 0 amide bonds. The highest BCUT2D eigenvalue weighted by atomic mass is 16.7. The molecule has 0 aromatic heterocycles. The molecule has 2 heterocycles. The molecule has 2 fully saturated rings. The maximum absolute atomic E-state index is 13.5. The van der Waals surface area contributed by atoms with Crippen LogP contribution in [-0.4, -0.2) is 139 Å². The average molecular weight is 1260 g/mol. The van der Waals surface area contributed by atoms with Crippen molar-refractivity contribution in [3.8, 4) is 11.5 Å². The van der Waals surface area contributed by atoms with E-state index in [-0.39, 0.29) is 73.0 Å². The van der Waals surface area contributed by atoms with Crippen LogP contribution in [0.4, 0.5) is 22.7 Å². The van der Waals surface area contributed by atoms with Gasteiger partial charge in [-0.15, -0.1) is 10.1 Å². The molecule has 0 saturated carbocycles. The number of non-ortho nitro benzene ring substituents is 2. The van der Waals surface area contributed by atoms with Gasteiger partial charge in [0.15, 0.2) is 22.6 Å². The minimum absolute atomic E-state index is 0.00604. The Kier molecular flexibility index (Phi) is 22.6. The van der Waals surface area contributed by atoms with Crippen LogP contribution in [0.3, 0.4) is 0 Å². The fourth-order valence-electron chi connectivity index (χ4n) is 8.43. The van der Waals surface area contributed by atoms with Crippen LogP contribution < -0.4 is 54.8 Å². The number of nitrogens with two attached hydrogens (primary N) is 6. The van der Waals surface area contributed by atoms with E-state index in [0.717, 1.165) is 37.8 Å². The summed E-state index contributed by atoms with van der Waals surface area (Å²) in [5.74, 6) is -12.0.